The molecular weight excluding hydrogens is 431 g/mol. The first-order valence-electron chi connectivity index (χ1n) is 8.32. The molecule has 0 amide bonds. The average molecular weight is 451 g/mol. The molecular formula is C18H20F3NO5S2. The van der Waals surface area contributed by atoms with Gasteiger partial charge in [-0.15, -0.1) is 0 Å². The van der Waals surface area contributed by atoms with Crippen molar-refractivity contribution < 1.29 is 35.8 Å². The largest absolute Gasteiger partial charge is 0.493 e. The Bertz CT molecular complexity index is 906. The third-order valence-corrected chi connectivity index (χ3v) is 5.80. The lowest BCUT2D eigenvalue weighted by Crippen LogP contribution is -2.23. The Morgan fingerprint density at radius 3 is 2.03 bits per heavy atom. The molecule has 0 aliphatic carbocycles. The van der Waals surface area contributed by atoms with E-state index in [2.05, 4.69) is 4.72 Å². The number of methoxy groups -OCH3 is 2. The van der Waals surface area contributed by atoms with Crippen molar-refractivity contribution in [1.29, 1.82) is 0 Å². The fourth-order valence-electron chi connectivity index (χ4n) is 2.41. The van der Waals surface area contributed by atoms with Gasteiger partial charge < -0.3 is 14.2 Å². The monoisotopic (exact) mass is 451 g/mol. The molecule has 160 valence electrons. The van der Waals surface area contributed by atoms with E-state index in [1.54, 1.807) is 19.1 Å². The maximum Gasteiger partial charge on any atom is 0.446 e. The average Bonchev–Trinajstić information content (AvgIpc) is 2.66. The highest BCUT2D eigenvalue weighted by molar-refractivity contribution is 8.00. The summed E-state index contributed by atoms with van der Waals surface area (Å²) in [5.41, 5.74) is -3.89. The van der Waals surface area contributed by atoms with Crippen LogP contribution in [0, 0.1) is 0 Å². The van der Waals surface area contributed by atoms with Crippen LogP contribution in [0.25, 0.3) is 0 Å². The predicted molar refractivity (Wildman–Crippen MR) is 103 cm³/mol. The van der Waals surface area contributed by atoms with Crippen molar-refractivity contribution in [3.8, 4) is 17.2 Å². The van der Waals surface area contributed by atoms with E-state index in [1.807, 2.05) is 0 Å². The van der Waals surface area contributed by atoms with Gasteiger partial charge in [-0.1, -0.05) is 0 Å². The van der Waals surface area contributed by atoms with Gasteiger partial charge in [0.15, 0.2) is 11.5 Å². The van der Waals surface area contributed by atoms with Gasteiger partial charge in [0.05, 0.1) is 25.7 Å². The molecule has 11 heteroatoms. The number of benzene rings is 2. The van der Waals surface area contributed by atoms with Crippen LogP contribution >= 0.6 is 11.8 Å². The summed E-state index contributed by atoms with van der Waals surface area (Å²) in [7, 11) is -1.03. The Balaban J connectivity index is 2.17. The summed E-state index contributed by atoms with van der Waals surface area (Å²) in [6.07, 6.45) is 0. The smallest absolute Gasteiger partial charge is 0.446 e. The third-order valence-electron chi connectivity index (χ3n) is 3.64. The van der Waals surface area contributed by atoms with Crippen LogP contribution in [0.4, 0.5) is 13.2 Å². The highest BCUT2D eigenvalue weighted by Gasteiger charge is 2.29. The van der Waals surface area contributed by atoms with Crippen LogP contribution < -0.4 is 18.9 Å². The summed E-state index contributed by atoms with van der Waals surface area (Å²) in [5.74, 6) is 1.17. The van der Waals surface area contributed by atoms with Crippen molar-refractivity contribution in [1.82, 2.24) is 4.72 Å². The number of hydrogen-bond acceptors (Lipinski definition) is 6. The van der Waals surface area contributed by atoms with Gasteiger partial charge in [-0.3, -0.25) is 0 Å². The molecule has 2 aromatic carbocycles. The molecule has 2 rings (SSSR count). The highest BCUT2D eigenvalue weighted by atomic mass is 32.2. The van der Waals surface area contributed by atoms with Crippen molar-refractivity contribution in [3.63, 3.8) is 0 Å². The molecule has 0 radical (unpaired) electrons. The van der Waals surface area contributed by atoms with Crippen LogP contribution in [0.5, 0.6) is 17.2 Å². The molecule has 2 aromatic rings. The summed E-state index contributed by atoms with van der Waals surface area (Å²) in [4.78, 5) is -0.244. The van der Waals surface area contributed by atoms with E-state index >= 15 is 0 Å². The standard InChI is InChI=1S/C18H20F3NO5S2/c1-4-27-17-15(25-2)9-12(10-16(17)26-3)11-22-29(23,24)14-7-5-13(6-8-14)28-18(19,20)21/h5-10,22H,4,11H2,1-3H3. The molecule has 29 heavy (non-hydrogen) atoms. The molecule has 0 spiro atoms. The number of ether oxygens (including phenoxy) is 3. The summed E-state index contributed by atoms with van der Waals surface area (Å²) >= 11 is -0.311. The molecule has 0 fully saturated rings. The minimum absolute atomic E-state index is 0.0828. The number of alkyl halides is 3. The van der Waals surface area contributed by atoms with Gasteiger partial charge in [0.1, 0.15) is 0 Å². The normalized spacial score (nSPS) is 11.9. The zero-order valence-electron chi connectivity index (χ0n) is 15.9. The van der Waals surface area contributed by atoms with Gasteiger partial charge in [0.2, 0.25) is 15.8 Å². The lowest BCUT2D eigenvalue weighted by molar-refractivity contribution is -0.0328. The quantitative estimate of drug-likeness (QED) is 0.577. The first-order valence-corrected chi connectivity index (χ1v) is 10.6. The van der Waals surface area contributed by atoms with Crippen molar-refractivity contribution in [2.75, 3.05) is 20.8 Å². The molecule has 0 unspecified atom stereocenters. The van der Waals surface area contributed by atoms with Gasteiger partial charge in [0, 0.05) is 11.4 Å². The minimum Gasteiger partial charge on any atom is -0.493 e. The molecule has 0 aliphatic heterocycles. The second kappa shape index (κ2) is 9.59. The van der Waals surface area contributed by atoms with Crippen LogP contribution in [0.3, 0.4) is 0 Å². The Kier molecular flexibility index (Phi) is 7.66. The topological polar surface area (TPSA) is 73.9 Å². The Morgan fingerprint density at radius 2 is 1.59 bits per heavy atom. The second-order valence-corrected chi connectivity index (χ2v) is 8.51. The number of nitrogens with one attached hydrogen (secondary N) is 1. The fourth-order valence-corrected chi connectivity index (χ4v) is 3.96. The van der Waals surface area contributed by atoms with Crippen LogP contribution in [0.15, 0.2) is 46.2 Å². The van der Waals surface area contributed by atoms with Crippen LogP contribution in [0.1, 0.15) is 12.5 Å². The van der Waals surface area contributed by atoms with Crippen molar-refractivity contribution in [2.45, 2.75) is 28.8 Å². The van der Waals surface area contributed by atoms with Gasteiger partial charge in [-0.25, -0.2) is 13.1 Å². The van der Waals surface area contributed by atoms with Gasteiger partial charge in [0.25, 0.3) is 0 Å². The Labute approximate surface area is 171 Å². The van der Waals surface area contributed by atoms with E-state index in [0.717, 1.165) is 24.3 Å². The number of hydrogen-bond donors (Lipinski definition) is 1. The van der Waals surface area contributed by atoms with Gasteiger partial charge in [-0.05, 0) is 60.6 Å². The molecule has 0 heterocycles. The highest BCUT2D eigenvalue weighted by Crippen LogP contribution is 2.39. The third kappa shape index (κ3) is 6.44. The van der Waals surface area contributed by atoms with Crippen LogP contribution in [0.2, 0.25) is 0 Å². The molecule has 0 saturated heterocycles. The summed E-state index contributed by atoms with van der Waals surface area (Å²) in [6.45, 7) is 2.11. The van der Waals surface area contributed by atoms with Gasteiger partial charge >= 0.3 is 5.51 Å². The lowest BCUT2D eigenvalue weighted by atomic mass is 10.2. The summed E-state index contributed by atoms with van der Waals surface area (Å²) in [6, 6.07) is 7.68. The predicted octanol–water partition coefficient (Wildman–Crippen LogP) is 4.19. The van der Waals surface area contributed by atoms with E-state index in [-0.39, 0.29) is 28.1 Å². The maximum atomic E-state index is 12.5. The number of sulfonamides is 1. The molecule has 6 nitrogen and oxygen atoms in total. The van der Waals surface area contributed by atoms with Crippen molar-refractivity contribution in [2.24, 2.45) is 0 Å². The Morgan fingerprint density at radius 1 is 1.03 bits per heavy atom. The molecule has 1 N–H and O–H groups in total. The summed E-state index contributed by atoms with van der Waals surface area (Å²) < 4.78 is 80.5. The van der Waals surface area contributed by atoms with Crippen LogP contribution in [-0.2, 0) is 16.6 Å². The minimum atomic E-state index is -4.44. The van der Waals surface area contributed by atoms with E-state index < -0.39 is 15.5 Å². The second-order valence-electron chi connectivity index (χ2n) is 5.61. The van der Waals surface area contributed by atoms with E-state index in [9.17, 15) is 21.6 Å². The maximum absolute atomic E-state index is 12.5. The van der Waals surface area contributed by atoms with Gasteiger partial charge in [-0.2, -0.15) is 13.2 Å². The van der Waals surface area contributed by atoms with E-state index in [4.69, 9.17) is 14.2 Å². The number of rotatable bonds is 9. The van der Waals surface area contributed by atoms with E-state index in [1.165, 1.54) is 14.2 Å². The zero-order valence-corrected chi connectivity index (χ0v) is 17.5. The lowest BCUT2D eigenvalue weighted by Gasteiger charge is -2.15. The molecule has 0 aromatic heterocycles. The van der Waals surface area contributed by atoms with Crippen LogP contribution in [-0.4, -0.2) is 34.8 Å². The van der Waals surface area contributed by atoms with Crippen molar-refractivity contribution >= 4 is 21.8 Å². The summed E-state index contributed by atoms with van der Waals surface area (Å²) in [5, 5.41) is 0. The molecule has 0 bridgehead atoms. The number of halogens is 3. The SMILES string of the molecule is CCOc1c(OC)cc(CNS(=O)(=O)c2ccc(SC(F)(F)F)cc2)cc1OC. The molecule has 0 saturated carbocycles. The molecule has 0 aliphatic rings. The molecule has 0 atom stereocenters. The van der Waals surface area contributed by atoms with Crippen molar-refractivity contribution in [3.05, 3.63) is 42.0 Å². The Hall–Kier alpha value is -2.11. The first kappa shape index (κ1) is 23.2. The fraction of sp³-hybridized carbons (Fsp3) is 0.333. The number of thioether (sulfide) groups is 1. The zero-order chi connectivity index (χ0) is 21.7. The first-order chi connectivity index (χ1) is 13.6. The van der Waals surface area contributed by atoms with E-state index in [0.29, 0.717) is 29.4 Å².